The van der Waals surface area contributed by atoms with E-state index < -0.39 is 0 Å². The summed E-state index contributed by atoms with van der Waals surface area (Å²) in [6.45, 7) is 4.33. The standard InChI is InChI=1S/C28H31Cl2N5O3/c1-17(26-32-24-9-7-19(29)14-25(24)33-26)31-27(37)18-6-8-22(23(30)13-18)28(38)35-12-4-5-20(35)15-21(16-36)34-10-2-3-11-34/h6-9,13-14,16-17,20-21H,2-5,10-12,15H2,1H3,(H,31,37)(H,32,33)/t17-,20-,21?/m0/s1. The fourth-order valence-corrected chi connectivity index (χ4v) is 5.96. The van der Waals surface area contributed by atoms with Gasteiger partial charge in [0.05, 0.1) is 33.7 Å². The molecule has 2 aliphatic heterocycles. The van der Waals surface area contributed by atoms with E-state index in [-0.39, 0.29) is 35.0 Å². The van der Waals surface area contributed by atoms with E-state index in [0.29, 0.717) is 34.9 Å². The third-order valence-corrected chi connectivity index (χ3v) is 8.15. The minimum Gasteiger partial charge on any atom is -0.342 e. The van der Waals surface area contributed by atoms with Crippen LogP contribution in [0, 0.1) is 0 Å². The van der Waals surface area contributed by atoms with Gasteiger partial charge in [-0.3, -0.25) is 14.5 Å². The Morgan fingerprint density at radius 2 is 1.92 bits per heavy atom. The first-order valence-corrected chi connectivity index (χ1v) is 13.9. The lowest BCUT2D eigenvalue weighted by atomic mass is 10.0. The number of hydrogen-bond acceptors (Lipinski definition) is 5. The number of rotatable bonds is 8. The van der Waals surface area contributed by atoms with Crippen molar-refractivity contribution in [2.45, 2.75) is 57.2 Å². The molecule has 5 rings (SSSR count). The van der Waals surface area contributed by atoms with Crippen molar-refractivity contribution in [1.82, 2.24) is 25.1 Å². The van der Waals surface area contributed by atoms with Gasteiger partial charge in [-0.1, -0.05) is 23.2 Å². The van der Waals surface area contributed by atoms with Crippen LogP contribution in [0.3, 0.4) is 0 Å². The van der Waals surface area contributed by atoms with Crippen molar-refractivity contribution in [3.05, 3.63) is 63.4 Å². The maximum Gasteiger partial charge on any atom is 0.255 e. The lowest BCUT2D eigenvalue weighted by Gasteiger charge is -2.30. The fraction of sp³-hybridized carbons (Fsp3) is 0.429. The number of nitrogens with zero attached hydrogens (tertiary/aromatic N) is 3. The van der Waals surface area contributed by atoms with Gasteiger partial charge in [-0.2, -0.15) is 0 Å². The van der Waals surface area contributed by atoms with Gasteiger partial charge in [-0.25, -0.2) is 4.98 Å². The minimum absolute atomic E-state index is 0.00289. The van der Waals surface area contributed by atoms with Gasteiger partial charge in [0.1, 0.15) is 12.1 Å². The Balaban J connectivity index is 1.25. The summed E-state index contributed by atoms with van der Waals surface area (Å²) in [7, 11) is 0. The molecule has 10 heteroatoms. The molecule has 3 heterocycles. The average molecular weight is 556 g/mol. The number of carbonyl (C=O) groups is 3. The van der Waals surface area contributed by atoms with Crippen molar-refractivity contribution in [3.8, 4) is 0 Å². The number of nitrogens with one attached hydrogen (secondary N) is 2. The maximum absolute atomic E-state index is 13.4. The molecule has 2 amide bonds. The predicted octanol–water partition coefficient (Wildman–Crippen LogP) is 5.02. The first-order valence-electron chi connectivity index (χ1n) is 13.1. The number of hydrogen-bond donors (Lipinski definition) is 2. The summed E-state index contributed by atoms with van der Waals surface area (Å²) in [5.41, 5.74) is 2.27. The molecule has 8 nitrogen and oxygen atoms in total. The van der Waals surface area contributed by atoms with Gasteiger partial charge in [-0.15, -0.1) is 0 Å². The Labute approximate surface area is 231 Å². The van der Waals surface area contributed by atoms with Crippen molar-refractivity contribution < 1.29 is 14.4 Å². The van der Waals surface area contributed by atoms with Gasteiger partial charge in [0.15, 0.2) is 0 Å². The molecule has 2 fully saturated rings. The summed E-state index contributed by atoms with van der Waals surface area (Å²) < 4.78 is 0. The Morgan fingerprint density at radius 1 is 1.13 bits per heavy atom. The van der Waals surface area contributed by atoms with Gasteiger partial charge in [-0.05, 0) is 88.5 Å². The quantitative estimate of drug-likeness (QED) is 0.380. The van der Waals surface area contributed by atoms with Crippen molar-refractivity contribution in [2.24, 2.45) is 0 Å². The number of likely N-dealkylation sites (tertiary alicyclic amines) is 2. The Hall–Kier alpha value is -2.94. The summed E-state index contributed by atoms with van der Waals surface area (Å²) >= 11 is 12.6. The van der Waals surface area contributed by atoms with Crippen molar-refractivity contribution in [1.29, 1.82) is 0 Å². The highest BCUT2D eigenvalue weighted by atomic mass is 35.5. The molecule has 0 radical (unpaired) electrons. The van der Waals surface area contributed by atoms with E-state index in [9.17, 15) is 14.4 Å². The van der Waals surface area contributed by atoms with Gasteiger partial charge >= 0.3 is 0 Å². The first-order chi connectivity index (χ1) is 18.3. The monoisotopic (exact) mass is 555 g/mol. The van der Waals surface area contributed by atoms with E-state index in [1.807, 2.05) is 17.9 Å². The number of aldehydes is 1. The molecule has 0 saturated carbocycles. The SMILES string of the molecule is C[C@H](NC(=O)c1ccc(C(=O)N2CCC[C@H]2CC(C=O)N2CCCC2)c(Cl)c1)c1nc2ccc(Cl)cc2[nH]1. The molecule has 200 valence electrons. The highest BCUT2D eigenvalue weighted by molar-refractivity contribution is 6.34. The second kappa shape index (κ2) is 11.4. The van der Waals surface area contributed by atoms with Crippen molar-refractivity contribution >= 4 is 52.3 Å². The minimum atomic E-state index is -0.388. The molecule has 2 saturated heterocycles. The molecule has 38 heavy (non-hydrogen) atoms. The summed E-state index contributed by atoms with van der Waals surface area (Å²) in [6, 6.07) is 9.57. The van der Waals surface area contributed by atoms with E-state index in [1.165, 1.54) is 6.07 Å². The van der Waals surface area contributed by atoms with Crippen LogP contribution in [0.15, 0.2) is 36.4 Å². The van der Waals surface area contributed by atoms with E-state index in [1.54, 1.807) is 24.3 Å². The molecule has 2 aliphatic rings. The largest absolute Gasteiger partial charge is 0.342 e. The number of carbonyl (C=O) groups excluding carboxylic acids is 3. The van der Waals surface area contributed by atoms with Crippen LogP contribution in [-0.2, 0) is 4.79 Å². The van der Waals surface area contributed by atoms with E-state index in [2.05, 4.69) is 20.2 Å². The van der Waals surface area contributed by atoms with Crippen LogP contribution < -0.4 is 5.32 Å². The maximum atomic E-state index is 13.4. The fourth-order valence-electron chi connectivity index (χ4n) is 5.53. The smallest absolute Gasteiger partial charge is 0.255 e. The molecule has 2 N–H and O–H groups in total. The van der Waals surface area contributed by atoms with Gasteiger partial charge < -0.3 is 20.0 Å². The second-order valence-corrected chi connectivity index (χ2v) is 11.0. The topological polar surface area (TPSA) is 98.4 Å². The van der Waals surface area contributed by atoms with Crippen molar-refractivity contribution in [2.75, 3.05) is 19.6 Å². The summed E-state index contributed by atoms with van der Waals surface area (Å²) in [5.74, 6) is 0.122. The van der Waals surface area contributed by atoms with Crippen molar-refractivity contribution in [3.63, 3.8) is 0 Å². The van der Waals surface area contributed by atoms with Crippen LogP contribution in [0.25, 0.3) is 11.0 Å². The van der Waals surface area contributed by atoms with Gasteiger partial charge in [0.2, 0.25) is 0 Å². The summed E-state index contributed by atoms with van der Waals surface area (Å²) in [6.07, 6.45) is 5.64. The molecular weight excluding hydrogens is 525 g/mol. The third-order valence-electron chi connectivity index (χ3n) is 7.60. The van der Waals surface area contributed by atoms with E-state index in [0.717, 1.165) is 56.1 Å². The van der Waals surface area contributed by atoms with E-state index >= 15 is 0 Å². The van der Waals surface area contributed by atoms with Crippen LogP contribution in [0.1, 0.15) is 71.6 Å². The molecule has 1 aromatic heterocycles. The molecule has 1 unspecified atom stereocenters. The van der Waals surface area contributed by atoms with E-state index in [4.69, 9.17) is 23.2 Å². The van der Waals surface area contributed by atoms with Crippen LogP contribution >= 0.6 is 23.2 Å². The third kappa shape index (κ3) is 5.58. The number of H-pyrrole nitrogens is 1. The van der Waals surface area contributed by atoms with Gasteiger partial charge in [0, 0.05) is 23.2 Å². The molecule has 2 aromatic carbocycles. The van der Waals surface area contributed by atoms with Crippen LogP contribution in [-0.4, -0.2) is 69.6 Å². The zero-order valence-corrected chi connectivity index (χ0v) is 22.8. The second-order valence-electron chi connectivity index (χ2n) is 10.2. The Morgan fingerprint density at radius 3 is 2.66 bits per heavy atom. The number of amides is 2. The number of imidazole rings is 1. The first kappa shape index (κ1) is 26.7. The van der Waals surface area contributed by atoms with Crippen LogP contribution in [0.5, 0.6) is 0 Å². The van der Waals surface area contributed by atoms with Crippen LogP contribution in [0.4, 0.5) is 0 Å². The lowest BCUT2D eigenvalue weighted by Crippen LogP contribution is -2.42. The summed E-state index contributed by atoms with van der Waals surface area (Å²) in [5, 5.41) is 3.75. The predicted molar refractivity (Wildman–Crippen MR) is 148 cm³/mol. The Kier molecular flexibility index (Phi) is 8.02. The average Bonchev–Trinajstić information content (AvgIpc) is 3.67. The normalized spacial score (nSPS) is 19.6. The number of halogens is 2. The molecule has 0 spiro atoms. The molecule has 3 aromatic rings. The number of aromatic nitrogens is 2. The lowest BCUT2D eigenvalue weighted by molar-refractivity contribution is -0.112. The molecule has 0 aliphatic carbocycles. The van der Waals surface area contributed by atoms with Gasteiger partial charge in [0.25, 0.3) is 11.8 Å². The molecule has 0 bridgehead atoms. The highest BCUT2D eigenvalue weighted by Crippen LogP contribution is 2.29. The zero-order valence-electron chi connectivity index (χ0n) is 21.3. The highest BCUT2D eigenvalue weighted by Gasteiger charge is 2.34. The number of benzene rings is 2. The summed E-state index contributed by atoms with van der Waals surface area (Å²) in [4.78, 5) is 50.0. The number of aromatic amines is 1. The number of fused-ring (bicyclic) bond motifs is 1. The zero-order chi connectivity index (χ0) is 26.8. The molecular formula is C28H31Cl2N5O3. The molecule has 3 atom stereocenters. The van der Waals surface area contributed by atoms with Crippen LogP contribution in [0.2, 0.25) is 10.0 Å². The Bertz CT molecular complexity index is 1350.